The van der Waals surface area contributed by atoms with Crippen molar-refractivity contribution in [1.82, 2.24) is 0 Å². The van der Waals surface area contributed by atoms with Gasteiger partial charge in [0, 0.05) is 0 Å². The molecule has 0 saturated heterocycles. The van der Waals surface area contributed by atoms with E-state index < -0.39 is 0 Å². The highest BCUT2D eigenvalue weighted by Gasteiger charge is 2.16. The Balaban J connectivity index is 0. The van der Waals surface area contributed by atoms with E-state index in [-0.39, 0.29) is 5.41 Å². The number of hydrogen-bond acceptors (Lipinski definition) is 0. The Labute approximate surface area is 141 Å². The highest BCUT2D eigenvalue weighted by molar-refractivity contribution is 5.32. The average molecular weight is 305 g/mol. The van der Waals surface area contributed by atoms with Crippen molar-refractivity contribution >= 4 is 0 Å². The molecule has 0 spiro atoms. The van der Waals surface area contributed by atoms with Crippen molar-refractivity contribution in [3.63, 3.8) is 0 Å². The molecule has 0 amide bonds. The molecule has 0 bridgehead atoms. The van der Waals surface area contributed by atoms with E-state index in [4.69, 9.17) is 0 Å². The van der Waals surface area contributed by atoms with E-state index in [1.165, 1.54) is 22.3 Å². The molecule has 0 radical (unpaired) electrons. The molecule has 0 nitrogen and oxygen atoms in total. The van der Waals surface area contributed by atoms with Gasteiger partial charge in [-0.2, -0.15) is 0 Å². The molecular weight excluding hydrogens is 264 g/mol. The second kappa shape index (κ2) is 9.87. The minimum absolute atomic E-state index is 0.283. The van der Waals surface area contributed by atoms with Gasteiger partial charge in [-0.25, -0.2) is 0 Å². The molecule has 0 aliphatic rings. The van der Waals surface area contributed by atoms with Gasteiger partial charge in [-0.15, -0.1) is 0 Å². The lowest BCUT2D eigenvalue weighted by atomic mass is 9.82. The quantitative estimate of drug-likeness (QED) is 0.455. The summed E-state index contributed by atoms with van der Waals surface area (Å²) in [5.74, 6) is 0. The molecule has 0 rings (SSSR count). The van der Waals surface area contributed by atoms with E-state index in [2.05, 4.69) is 107 Å². The summed E-state index contributed by atoms with van der Waals surface area (Å²) in [6.45, 7) is 26.2. The summed E-state index contributed by atoms with van der Waals surface area (Å²) in [6.07, 6.45) is 8.83. The second-order valence-corrected chi connectivity index (χ2v) is 8.09. The molecule has 22 heavy (non-hydrogen) atoms. The number of hydrogen-bond donors (Lipinski definition) is 0. The van der Waals surface area contributed by atoms with Crippen molar-refractivity contribution in [3.8, 4) is 0 Å². The van der Waals surface area contributed by atoms with Gasteiger partial charge in [-0.05, 0) is 57.9 Å². The van der Waals surface area contributed by atoms with Gasteiger partial charge in [0.15, 0.2) is 0 Å². The summed E-state index contributed by atoms with van der Waals surface area (Å²) in [4.78, 5) is 0. The lowest BCUT2D eigenvalue weighted by Gasteiger charge is -2.23. The van der Waals surface area contributed by atoms with Crippen LogP contribution >= 0.6 is 0 Å². The maximum atomic E-state index is 2.31. The molecule has 0 aromatic carbocycles. The zero-order chi connectivity index (χ0) is 18.1. The highest BCUT2D eigenvalue weighted by Crippen LogP contribution is 2.30. The third kappa shape index (κ3) is 10.7. The molecule has 128 valence electrons. The van der Waals surface area contributed by atoms with Gasteiger partial charge >= 0.3 is 0 Å². The van der Waals surface area contributed by atoms with Crippen LogP contribution < -0.4 is 0 Å². The number of allylic oxidation sites excluding steroid dienone is 8. The second-order valence-electron chi connectivity index (χ2n) is 8.09. The highest BCUT2D eigenvalue weighted by atomic mass is 14.2. The molecular formula is C22H40. The summed E-state index contributed by atoms with van der Waals surface area (Å²) in [5.41, 5.74) is 6.18. The van der Waals surface area contributed by atoms with E-state index in [9.17, 15) is 0 Å². The van der Waals surface area contributed by atoms with Gasteiger partial charge in [0.1, 0.15) is 0 Å². The third-order valence-electron chi connectivity index (χ3n) is 3.66. The first kappa shape index (κ1) is 23.2. The van der Waals surface area contributed by atoms with Crippen LogP contribution in [0.3, 0.4) is 0 Å². The lowest BCUT2D eigenvalue weighted by molar-refractivity contribution is 0.509. The fourth-order valence-corrected chi connectivity index (χ4v) is 2.40. The largest absolute Gasteiger partial charge is 0.0845 e. The summed E-state index contributed by atoms with van der Waals surface area (Å²) >= 11 is 0. The van der Waals surface area contributed by atoms with Crippen molar-refractivity contribution in [2.75, 3.05) is 0 Å². The van der Waals surface area contributed by atoms with Crippen molar-refractivity contribution in [2.45, 2.75) is 83.1 Å². The minimum Gasteiger partial charge on any atom is -0.0845 e. The zero-order valence-electron chi connectivity index (χ0n) is 17.3. The first-order valence-electron chi connectivity index (χ1n) is 8.43. The van der Waals surface area contributed by atoms with Crippen LogP contribution in [0.1, 0.15) is 83.1 Å². The fraction of sp³-hybridized carbons (Fsp3) is 0.636. The van der Waals surface area contributed by atoms with Crippen molar-refractivity contribution in [3.05, 3.63) is 46.6 Å². The zero-order valence-corrected chi connectivity index (χ0v) is 17.3. The van der Waals surface area contributed by atoms with Crippen LogP contribution in [0.4, 0.5) is 0 Å². The summed E-state index contributed by atoms with van der Waals surface area (Å²) in [7, 11) is 0. The predicted molar refractivity (Wildman–Crippen MR) is 105 cm³/mol. The Bertz CT molecular complexity index is 437. The normalized spacial score (nSPS) is 15.5. The monoisotopic (exact) mass is 304 g/mol. The van der Waals surface area contributed by atoms with Crippen LogP contribution in [0.5, 0.6) is 0 Å². The Morgan fingerprint density at radius 1 is 0.591 bits per heavy atom. The smallest absolute Gasteiger partial charge is 0.0133 e. The van der Waals surface area contributed by atoms with Gasteiger partial charge < -0.3 is 0 Å². The molecule has 0 aliphatic carbocycles. The number of rotatable bonds is 2. The van der Waals surface area contributed by atoms with Gasteiger partial charge in [-0.3, -0.25) is 0 Å². The fourth-order valence-electron chi connectivity index (χ4n) is 2.40. The maximum absolute atomic E-state index is 2.31. The standard InChI is InChI=1S/2C11H20/c1-7-9(2)10(3)8-11(4,5)6;1-7-9(3)10(8-2)11(4,5)6/h2*7-8H,1-6H3/b9-7+,10-8+;9-7+,10-8-. The predicted octanol–water partition coefficient (Wildman–Crippen LogP) is 7.89. The first-order chi connectivity index (χ1) is 9.80. The Kier molecular flexibility index (Phi) is 10.4. The summed E-state index contributed by atoms with van der Waals surface area (Å²) in [5, 5.41) is 0. The van der Waals surface area contributed by atoms with Crippen molar-refractivity contribution in [1.29, 1.82) is 0 Å². The first-order valence-corrected chi connectivity index (χ1v) is 8.43. The van der Waals surface area contributed by atoms with Crippen molar-refractivity contribution < 1.29 is 0 Å². The lowest BCUT2D eigenvalue weighted by Crippen LogP contribution is -2.09. The van der Waals surface area contributed by atoms with Crippen LogP contribution in [0.25, 0.3) is 0 Å². The Morgan fingerprint density at radius 3 is 1.18 bits per heavy atom. The van der Waals surface area contributed by atoms with E-state index in [0.717, 1.165) is 0 Å². The minimum atomic E-state index is 0.283. The summed E-state index contributed by atoms with van der Waals surface area (Å²) < 4.78 is 0. The molecule has 0 saturated carbocycles. The van der Waals surface area contributed by atoms with Crippen LogP contribution in [0.15, 0.2) is 46.6 Å². The van der Waals surface area contributed by atoms with Gasteiger partial charge in [-0.1, -0.05) is 82.6 Å². The molecule has 0 heteroatoms. The van der Waals surface area contributed by atoms with E-state index in [1.54, 1.807) is 0 Å². The Morgan fingerprint density at radius 2 is 1.00 bits per heavy atom. The third-order valence-corrected chi connectivity index (χ3v) is 3.66. The Hall–Kier alpha value is -1.04. The molecule has 0 heterocycles. The van der Waals surface area contributed by atoms with Crippen LogP contribution in [0.2, 0.25) is 0 Å². The van der Waals surface area contributed by atoms with E-state index >= 15 is 0 Å². The van der Waals surface area contributed by atoms with Gasteiger partial charge in [0.05, 0.1) is 0 Å². The molecule has 0 N–H and O–H groups in total. The van der Waals surface area contributed by atoms with E-state index in [0.29, 0.717) is 5.41 Å². The van der Waals surface area contributed by atoms with Gasteiger partial charge in [0.2, 0.25) is 0 Å². The SMILES string of the molecule is C/C=C(C)/C(=C/C)C(C)(C)C.C/C=C(C)/C(C)=C/C(C)(C)C. The molecule has 0 fully saturated rings. The van der Waals surface area contributed by atoms with Gasteiger partial charge in [0.25, 0.3) is 0 Å². The molecule has 0 aromatic rings. The topological polar surface area (TPSA) is 0 Å². The molecule has 0 unspecified atom stereocenters. The van der Waals surface area contributed by atoms with Crippen LogP contribution in [-0.4, -0.2) is 0 Å². The molecule has 0 aliphatic heterocycles. The summed E-state index contributed by atoms with van der Waals surface area (Å²) in [6, 6.07) is 0. The maximum Gasteiger partial charge on any atom is -0.0133 e. The average Bonchev–Trinajstić information content (AvgIpc) is 2.35. The van der Waals surface area contributed by atoms with Crippen molar-refractivity contribution in [2.24, 2.45) is 10.8 Å². The van der Waals surface area contributed by atoms with Crippen LogP contribution in [-0.2, 0) is 0 Å². The molecule has 0 aromatic heterocycles. The van der Waals surface area contributed by atoms with E-state index in [1.807, 2.05) is 0 Å². The molecule has 0 atom stereocenters. The van der Waals surface area contributed by atoms with Crippen LogP contribution in [0, 0.1) is 10.8 Å².